The second-order valence-corrected chi connectivity index (χ2v) is 6.12. The Morgan fingerprint density at radius 3 is 2.43 bits per heavy atom. The summed E-state index contributed by atoms with van der Waals surface area (Å²) >= 11 is 0. The Bertz CT molecular complexity index is 365. The smallest absolute Gasteiger partial charge is 0.227 e. The number of nitrogens with zero attached hydrogens (tertiary/aromatic N) is 2. The van der Waals surface area contributed by atoms with Crippen LogP contribution in [0, 0.1) is 5.92 Å². The quantitative estimate of drug-likeness (QED) is 0.855. The Kier molecular flexibility index (Phi) is 7.46. The van der Waals surface area contributed by atoms with Crippen molar-refractivity contribution in [2.24, 2.45) is 11.7 Å². The Morgan fingerprint density at radius 1 is 1.10 bits per heavy atom. The maximum Gasteiger partial charge on any atom is 0.227 e. The SMILES string of the molecule is CCCC(=O)N1CCCC(C(=O)N2CCCC(N)C2)C1.Cl. The highest BCUT2D eigenvalue weighted by Crippen LogP contribution is 2.21. The second kappa shape index (κ2) is 8.59. The lowest BCUT2D eigenvalue weighted by molar-refractivity contribution is -0.141. The second-order valence-electron chi connectivity index (χ2n) is 6.12. The van der Waals surface area contributed by atoms with E-state index in [-0.39, 0.29) is 36.2 Å². The van der Waals surface area contributed by atoms with E-state index >= 15 is 0 Å². The highest BCUT2D eigenvalue weighted by atomic mass is 35.5. The summed E-state index contributed by atoms with van der Waals surface area (Å²) in [6.45, 7) is 4.93. The van der Waals surface area contributed by atoms with Crippen LogP contribution in [0.1, 0.15) is 45.4 Å². The van der Waals surface area contributed by atoms with Crippen LogP contribution in [0.3, 0.4) is 0 Å². The molecule has 0 aromatic heterocycles. The summed E-state index contributed by atoms with van der Waals surface area (Å²) in [4.78, 5) is 28.3. The monoisotopic (exact) mass is 317 g/mol. The summed E-state index contributed by atoms with van der Waals surface area (Å²) in [6, 6.07) is 0.120. The van der Waals surface area contributed by atoms with Crippen molar-refractivity contribution in [2.45, 2.75) is 51.5 Å². The fourth-order valence-corrected chi connectivity index (χ4v) is 3.25. The van der Waals surface area contributed by atoms with Crippen LogP contribution in [0.5, 0.6) is 0 Å². The highest BCUT2D eigenvalue weighted by Gasteiger charge is 2.32. The normalized spacial score (nSPS) is 26.2. The summed E-state index contributed by atoms with van der Waals surface area (Å²) in [5.74, 6) is 0.379. The van der Waals surface area contributed by atoms with Gasteiger partial charge in [0.05, 0.1) is 5.92 Å². The zero-order valence-corrected chi connectivity index (χ0v) is 13.7. The molecule has 0 bridgehead atoms. The van der Waals surface area contributed by atoms with Crippen LogP contribution in [0.25, 0.3) is 0 Å². The van der Waals surface area contributed by atoms with Gasteiger partial charge in [-0.05, 0) is 32.1 Å². The summed E-state index contributed by atoms with van der Waals surface area (Å²) in [7, 11) is 0. The third-order valence-electron chi connectivity index (χ3n) is 4.36. The number of piperidine rings is 2. The number of nitrogens with two attached hydrogens (primary N) is 1. The molecular weight excluding hydrogens is 290 g/mol. The van der Waals surface area contributed by atoms with E-state index in [1.165, 1.54) is 0 Å². The molecule has 2 atom stereocenters. The van der Waals surface area contributed by atoms with Crippen molar-refractivity contribution in [3.8, 4) is 0 Å². The molecule has 2 heterocycles. The fraction of sp³-hybridized carbons (Fsp3) is 0.867. The van der Waals surface area contributed by atoms with Crippen LogP contribution in [0.2, 0.25) is 0 Å². The zero-order valence-electron chi connectivity index (χ0n) is 12.9. The maximum atomic E-state index is 12.6. The van der Waals surface area contributed by atoms with Crippen molar-refractivity contribution < 1.29 is 9.59 Å². The molecule has 21 heavy (non-hydrogen) atoms. The average molecular weight is 318 g/mol. The van der Waals surface area contributed by atoms with Gasteiger partial charge in [0.2, 0.25) is 11.8 Å². The third-order valence-corrected chi connectivity index (χ3v) is 4.36. The number of amides is 2. The molecule has 0 aromatic rings. The maximum absolute atomic E-state index is 12.6. The lowest BCUT2D eigenvalue weighted by atomic mass is 9.94. The Morgan fingerprint density at radius 2 is 1.76 bits per heavy atom. The highest BCUT2D eigenvalue weighted by molar-refractivity contribution is 5.85. The Hall–Kier alpha value is -0.810. The van der Waals surface area contributed by atoms with Crippen LogP contribution < -0.4 is 5.73 Å². The minimum atomic E-state index is -0.0187. The van der Waals surface area contributed by atoms with Gasteiger partial charge in [-0.1, -0.05) is 6.92 Å². The van der Waals surface area contributed by atoms with E-state index in [0.717, 1.165) is 45.2 Å². The van der Waals surface area contributed by atoms with E-state index in [4.69, 9.17) is 5.73 Å². The lowest BCUT2D eigenvalue weighted by Crippen LogP contribution is -2.51. The number of hydrogen-bond donors (Lipinski definition) is 1. The molecule has 0 aromatic carbocycles. The van der Waals surface area contributed by atoms with Gasteiger partial charge in [0, 0.05) is 38.6 Å². The van der Waals surface area contributed by atoms with Crippen molar-refractivity contribution in [3.63, 3.8) is 0 Å². The molecule has 122 valence electrons. The van der Waals surface area contributed by atoms with Crippen molar-refractivity contribution in [3.05, 3.63) is 0 Å². The number of carbonyl (C=O) groups is 2. The van der Waals surface area contributed by atoms with E-state index in [2.05, 4.69) is 0 Å². The molecule has 0 aliphatic carbocycles. The largest absolute Gasteiger partial charge is 0.342 e. The van der Waals surface area contributed by atoms with Crippen LogP contribution >= 0.6 is 12.4 Å². The molecule has 0 spiro atoms. The number of carbonyl (C=O) groups excluding carboxylic acids is 2. The van der Waals surface area contributed by atoms with Gasteiger partial charge in [-0.3, -0.25) is 9.59 Å². The fourth-order valence-electron chi connectivity index (χ4n) is 3.25. The summed E-state index contributed by atoms with van der Waals surface area (Å²) in [6.07, 6.45) is 5.31. The molecular formula is C15H28ClN3O2. The summed E-state index contributed by atoms with van der Waals surface area (Å²) < 4.78 is 0. The number of rotatable bonds is 3. The van der Waals surface area contributed by atoms with Gasteiger partial charge in [-0.25, -0.2) is 0 Å². The Balaban J connectivity index is 0.00000220. The number of likely N-dealkylation sites (tertiary alicyclic amines) is 2. The van der Waals surface area contributed by atoms with Crippen molar-refractivity contribution in [1.29, 1.82) is 0 Å². The van der Waals surface area contributed by atoms with Gasteiger partial charge < -0.3 is 15.5 Å². The molecule has 2 amide bonds. The van der Waals surface area contributed by atoms with E-state index in [1.807, 2.05) is 16.7 Å². The standard InChI is InChI=1S/C15H27N3O2.ClH/c1-2-5-14(19)17-8-3-6-12(10-17)15(20)18-9-4-7-13(16)11-18;/h12-13H,2-11,16H2,1H3;1H. The minimum absolute atomic E-state index is 0. The van der Waals surface area contributed by atoms with Crippen LogP contribution in [0.4, 0.5) is 0 Å². The molecule has 2 aliphatic rings. The van der Waals surface area contributed by atoms with E-state index in [1.54, 1.807) is 0 Å². The van der Waals surface area contributed by atoms with Crippen LogP contribution in [0.15, 0.2) is 0 Å². The molecule has 2 rings (SSSR count). The minimum Gasteiger partial charge on any atom is -0.342 e. The van der Waals surface area contributed by atoms with Crippen molar-refractivity contribution in [2.75, 3.05) is 26.2 Å². The van der Waals surface area contributed by atoms with Crippen molar-refractivity contribution >= 4 is 24.2 Å². The van der Waals surface area contributed by atoms with Crippen LogP contribution in [-0.2, 0) is 9.59 Å². The topological polar surface area (TPSA) is 66.6 Å². The first-order valence-electron chi connectivity index (χ1n) is 7.94. The molecule has 0 saturated carbocycles. The van der Waals surface area contributed by atoms with Gasteiger partial charge in [0.15, 0.2) is 0 Å². The first-order valence-corrected chi connectivity index (χ1v) is 7.94. The molecule has 2 saturated heterocycles. The van der Waals surface area contributed by atoms with Gasteiger partial charge >= 0.3 is 0 Å². The van der Waals surface area contributed by atoms with Gasteiger partial charge in [0.1, 0.15) is 0 Å². The molecule has 0 radical (unpaired) electrons. The predicted octanol–water partition coefficient (Wildman–Crippen LogP) is 1.40. The molecule has 6 heteroatoms. The van der Waals surface area contributed by atoms with Crippen molar-refractivity contribution in [1.82, 2.24) is 9.80 Å². The van der Waals surface area contributed by atoms with E-state index in [0.29, 0.717) is 19.5 Å². The Labute approximate surface area is 133 Å². The van der Waals surface area contributed by atoms with Gasteiger partial charge in [0.25, 0.3) is 0 Å². The van der Waals surface area contributed by atoms with Gasteiger partial charge in [-0.15, -0.1) is 12.4 Å². The first-order chi connectivity index (χ1) is 9.61. The molecule has 2 N–H and O–H groups in total. The average Bonchev–Trinajstić information content (AvgIpc) is 2.47. The van der Waals surface area contributed by atoms with E-state index < -0.39 is 0 Å². The summed E-state index contributed by atoms with van der Waals surface area (Å²) in [5.41, 5.74) is 5.95. The zero-order chi connectivity index (χ0) is 14.5. The van der Waals surface area contributed by atoms with Crippen LogP contribution in [-0.4, -0.2) is 53.8 Å². The molecule has 5 nitrogen and oxygen atoms in total. The predicted molar refractivity (Wildman–Crippen MR) is 85.2 cm³/mol. The number of halogens is 1. The summed E-state index contributed by atoms with van der Waals surface area (Å²) in [5, 5.41) is 0. The lowest BCUT2D eigenvalue weighted by Gasteiger charge is -2.37. The molecule has 2 aliphatic heterocycles. The number of hydrogen-bond acceptors (Lipinski definition) is 3. The molecule has 2 fully saturated rings. The van der Waals surface area contributed by atoms with E-state index in [9.17, 15) is 9.59 Å². The van der Waals surface area contributed by atoms with Gasteiger partial charge in [-0.2, -0.15) is 0 Å². The molecule has 2 unspecified atom stereocenters. The first kappa shape index (κ1) is 18.2. The third kappa shape index (κ3) is 4.85.